The van der Waals surface area contributed by atoms with Gasteiger partial charge in [-0.3, -0.25) is 14.4 Å². The third kappa shape index (κ3) is 4.27. The molecule has 24 heavy (non-hydrogen) atoms. The molecule has 1 aliphatic heterocycles. The minimum atomic E-state index is -0.944. The molecule has 1 atom stereocenters. The predicted molar refractivity (Wildman–Crippen MR) is 82.1 cm³/mol. The van der Waals surface area contributed by atoms with Crippen LogP contribution in [0.5, 0.6) is 0 Å². The van der Waals surface area contributed by atoms with Crippen LogP contribution < -0.4 is 10.6 Å². The summed E-state index contributed by atoms with van der Waals surface area (Å²) in [6, 6.07) is 2.69. The van der Waals surface area contributed by atoms with Gasteiger partial charge in [0.15, 0.2) is 0 Å². The van der Waals surface area contributed by atoms with Crippen LogP contribution in [-0.4, -0.2) is 48.8 Å². The maximum Gasteiger partial charge on any atom is 0.254 e. The highest BCUT2D eigenvalue weighted by Gasteiger charge is 2.33. The summed E-state index contributed by atoms with van der Waals surface area (Å²) in [5.41, 5.74) is -0.261. The monoisotopic (exact) mass is 339 g/mol. The summed E-state index contributed by atoms with van der Waals surface area (Å²) in [5, 5.41) is 5.07. The Balaban J connectivity index is 1.74. The number of nitrogens with zero attached hydrogens (tertiary/aromatic N) is 1. The minimum absolute atomic E-state index is 0.0438. The SMILES string of the molecule is CCN1CC(C(=O)NCCNC(=O)c2ccc(F)cc2F)CC1=O. The Morgan fingerprint density at radius 3 is 2.58 bits per heavy atom. The van der Waals surface area contributed by atoms with Crippen molar-refractivity contribution in [3.05, 3.63) is 35.4 Å². The van der Waals surface area contributed by atoms with Gasteiger partial charge in [-0.05, 0) is 19.1 Å². The van der Waals surface area contributed by atoms with Crippen LogP contribution >= 0.6 is 0 Å². The highest BCUT2D eigenvalue weighted by atomic mass is 19.1. The molecule has 1 heterocycles. The molecule has 1 fully saturated rings. The molecular weight excluding hydrogens is 320 g/mol. The lowest BCUT2D eigenvalue weighted by atomic mass is 10.1. The van der Waals surface area contributed by atoms with Crippen molar-refractivity contribution in [2.24, 2.45) is 5.92 Å². The van der Waals surface area contributed by atoms with Crippen LogP contribution in [0.2, 0.25) is 0 Å². The first-order valence-electron chi connectivity index (χ1n) is 7.71. The lowest BCUT2D eigenvalue weighted by molar-refractivity contribution is -0.128. The summed E-state index contributed by atoms with van der Waals surface area (Å²) in [4.78, 5) is 36.9. The molecule has 1 saturated heterocycles. The maximum absolute atomic E-state index is 13.4. The highest BCUT2D eigenvalue weighted by Crippen LogP contribution is 2.17. The summed E-state index contributed by atoms with van der Waals surface area (Å²) in [6.07, 6.45) is 0.187. The fraction of sp³-hybridized carbons (Fsp3) is 0.438. The summed E-state index contributed by atoms with van der Waals surface area (Å²) >= 11 is 0. The summed E-state index contributed by atoms with van der Waals surface area (Å²) < 4.78 is 26.2. The van der Waals surface area contributed by atoms with E-state index in [1.54, 1.807) is 4.90 Å². The molecule has 3 amide bonds. The average molecular weight is 339 g/mol. The molecule has 130 valence electrons. The Morgan fingerprint density at radius 1 is 1.25 bits per heavy atom. The highest BCUT2D eigenvalue weighted by molar-refractivity contribution is 5.94. The van der Waals surface area contributed by atoms with Gasteiger partial charge in [0.1, 0.15) is 11.6 Å². The number of amides is 3. The number of hydrogen-bond donors (Lipinski definition) is 2. The third-order valence-electron chi connectivity index (χ3n) is 3.85. The van der Waals surface area contributed by atoms with Gasteiger partial charge in [0, 0.05) is 38.7 Å². The molecule has 0 aromatic heterocycles. The number of likely N-dealkylation sites (tertiary alicyclic amines) is 1. The van der Waals surface area contributed by atoms with E-state index < -0.39 is 17.5 Å². The van der Waals surface area contributed by atoms with Crippen molar-refractivity contribution >= 4 is 17.7 Å². The van der Waals surface area contributed by atoms with E-state index in [1.165, 1.54) is 0 Å². The second-order valence-corrected chi connectivity index (χ2v) is 5.50. The Bertz CT molecular complexity index is 651. The van der Waals surface area contributed by atoms with E-state index in [1.807, 2.05) is 6.92 Å². The van der Waals surface area contributed by atoms with E-state index in [-0.39, 0.29) is 42.8 Å². The number of carbonyl (C=O) groups excluding carboxylic acids is 3. The average Bonchev–Trinajstić information content (AvgIpc) is 2.92. The molecule has 2 N–H and O–H groups in total. The van der Waals surface area contributed by atoms with Gasteiger partial charge in [-0.2, -0.15) is 0 Å². The normalized spacial score (nSPS) is 17.0. The van der Waals surface area contributed by atoms with Crippen molar-refractivity contribution in [2.75, 3.05) is 26.2 Å². The Labute approximate surface area is 138 Å². The first-order chi connectivity index (χ1) is 11.4. The molecule has 1 aromatic carbocycles. The Hall–Kier alpha value is -2.51. The van der Waals surface area contributed by atoms with E-state index in [0.29, 0.717) is 19.2 Å². The van der Waals surface area contributed by atoms with Crippen LogP contribution in [0.15, 0.2) is 18.2 Å². The molecule has 0 radical (unpaired) electrons. The molecule has 1 aliphatic rings. The zero-order valence-corrected chi connectivity index (χ0v) is 13.3. The van der Waals surface area contributed by atoms with Gasteiger partial charge < -0.3 is 15.5 Å². The van der Waals surface area contributed by atoms with Gasteiger partial charge in [0.25, 0.3) is 5.91 Å². The van der Waals surface area contributed by atoms with Crippen molar-refractivity contribution in [1.29, 1.82) is 0 Å². The molecular formula is C16H19F2N3O3. The number of hydrogen-bond acceptors (Lipinski definition) is 3. The largest absolute Gasteiger partial charge is 0.354 e. The van der Waals surface area contributed by atoms with Gasteiger partial charge in [-0.15, -0.1) is 0 Å². The zero-order chi connectivity index (χ0) is 17.7. The van der Waals surface area contributed by atoms with Crippen molar-refractivity contribution in [2.45, 2.75) is 13.3 Å². The summed E-state index contributed by atoms with van der Waals surface area (Å²) in [7, 11) is 0. The minimum Gasteiger partial charge on any atom is -0.354 e. The molecule has 8 heteroatoms. The van der Waals surface area contributed by atoms with E-state index in [0.717, 1.165) is 12.1 Å². The molecule has 0 saturated carbocycles. The molecule has 0 spiro atoms. The number of carbonyl (C=O) groups is 3. The van der Waals surface area contributed by atoms with Crippen molar-refractivity contribution in [1.82, 2.24) is 15.5 Å². The number of rotatable bonds is 6. The third-order valence-corrected chi connectivity index (χ3v) is 3.85. The zero-order valence-electron chi connectivity index (χ0n) is 13.3. The molecule has 6 nitrogen and oxygen atoms in total. The van der Waals surface area contributed by atoms with Crippen molar-refractivity contribution in [3.63, 3.8) is 0 Å². The van der Waals surface area contributed by atoms with Crippen LogP contribution in [0.25, 0.3) is 0 Å². The Kier molecular flexibility index (Phi) is 5.83. The van der Waals surface area contributed by atoms with Gasteiger partial charge in [0.05, 0.1) is 11.5 Å². The van der Waals surface area contributed by atoms with E-state index in [4.69, 9.17) is 0 Å². The van der Waals surface area contributed by atoms with Gasteiger partial charge in [-0.25, -0.2) is 8.78 Å². The van der Waals surface area contributed by atoms with Crippen LogP contribution in [0.1, 0.15) is 23.7 Å². The van der Waals surface area contributed by atoms with Crippen LogP contribution in [0.3, 0.4) is 0 Å². The lowest BCUT2D eigenvalue weighted by Crippen LogP contribution is -2.38. The van der Waals surface area contributed by atoms with Crippen molar-refractivity contribution < 1.29 is 23.2 Å². The van der Waals surface area contributed by atoms with Gasteiger partial charge >= 0.3 is 0 Å². The number of halogens is 2. The number of nitrogens with one attached hydrogen (secondary N) is 2. The second-order valence-electron chi connectivity index (χ2n) is 5.50. The molecule has 1 aromatic rings. The van der Waals surface area contributed by atoms with Crippen LogP contribution in [0.4, 0.5) is 8.78 Å². The second kappa shape index (κ2) is 7.85. The molecule has 0 bridgehead atoms. The topological polar surface area (TPSA) is 78.5 Å². The molecule has 0 aliphatic carbocycles. The van der Waals surface area contributed by atoms with E-state index in [9.17, 15) is 23.2 Å². The quantitative estimate of drug-likeness (QED) is 0.748. The predicted octanol–water partition coefficient (Wildman–Crippen LogP) is 0.679. The summed E-state index contributed by atoms with van der Waals surface area (Å²) in [6.45, 7) is 3.07. The fourth-order valence-corrected chi connectivity index (χ4v) is 2.53. The smallest absolute Gasteiger partial charge is 0.254 e. The van der Waals surface area contributed by atoms with Crippen LogP contribution in [-0.2, 0) is 9.59 Å². The summed E-state index contributed by atoms with van der Waals surface area (Å²) in [5.74, 6) is -3.07. The standard InChI is InChI=1S/C16H19F2N3O3/c1-2-21-9-10(7-14(21)22)15(23)19-5-6-20-16(24)12-4-3-11(17)8-13(12)18/h3-4,8,10H,2,5-7,9H2,1H3,(H,19,23)(H,20,24). The van der Waals surface area contributed by atoms with E-state index in [2.05, 4.69) is 10.6 Å². The fourth-order valence-electron chi connectivity index (χ4n) is 2.53. The molecule has 2 rings (SSSR count). The van der Waals surface area contributed by atoms with Gasteiger partial charge in [-0.1, -0.05) is 0 Å². The number of benzene rings is 1. The first-order valence-corrected chi connectivity index (χ1v) is 7.71. The van der Waals surface area contributed by atoms with Gasteiger partial charge in [0.2, 0.25) is 11.8 Å². The van der Waals surface area contributed by atoms with Crippen molar-refractivity contribution in [3.8, 4) is 0 Å². The first kappa shape index (κ1) is 17.8. The molecule has 1 unspecified atom stereocenters. The van der Waals surface area contributed by atoms with E-state index >= 15 is 0 Å². The van der Waals surface area contributed by atoms with Crippen LogP contribution in [0, 0.1) is 17.6 Å². The lowest BCUT2D eigenvalue weighted by Gasteiger charge is -2.13. The Morgan fingerprint density at radius 2 is 1.96 bits per heavy atom. The maximum atomic E-state index is 13.4.